The molecule has 0 bridgehead atoms. The highest BCUT2D eigenvalue weighted by Gasteiger charge is 2.53. The molecule has 242 valence electrons. The van der Waals surface area contributed by atoms with E-state index in [-0.39, 0.29) is 23.6 Å². The molecule has 1 saturated carbocycles. The fraction of sp³-hybridized carbons (Fsp3) is 0.500. The third kappa shape index (κ3) is 8.40. The number of likely N-dealkylation sites (tertiary alicyclic amines) is 1. The second kappa shape index (κ2) is 14.6. The number of aliphatic imine (C=N–C) groups is 1. The number of hydrogen-bond donors (Lipinski definition) is 2. The van der Waals surface area contributed by atoms with Gasteiger partial charge in [-0.25, -0.2) is 4.99 Å². The standard InChI is InChI=1S/C34H47N7O4/c1-38(2)30(43)26(22-24-14-9-7-10-15-24)35-32(45)34(19-20-34)37-29(42)28-18-13-21-41(28)31(44)27(23-25-16-11-8-12-17-25)36-33(39(3)4)40(5)6/h7-12,14-17,26-28H,13,18-23H2,1-6H3,(H,35,45)(H,37,42)/t26-,27-,28+/m0/s1. The van der Waals surface area contributed by atoms with Crippen molar-refractivity contribution in [2.75, 3.05) is 48.8 Å². The van der Waals surface area contributed by atoms with Gasteiger partial charge in [0.1, 0.15) is 23.7 Å². The van der Waals surface area contributed by atoms with Crippen LogP contribution in [0.3, 0.4) is 0 Å². The molecule has 2 fully saturated rings. The SMILES string of the molecule is CN(C)C(=O)[C@H](Cc1ccccc1)NC(=O)C1(NC(=O)[C@H]2CCCN2C(=O)[C@H](Cc2ccccc2)N=C(N(C)C)N(C)C)CC1. The van der Waals surface area contributed by atoms with E-state index >= 15 is 0 Å². The van der Waals surface area contributed by atoms with Gasteiger partial charge in [-0.05, 0) is 36.8 Å². The van der Waals surface area contributed by atoms with Crippen LogP contribution in [-0.4, -0.2) is 122 Å². The number of carbonyl (C=O) groups is 4. The molecule has 1 saturated heterocycles. The van der Waals surface area contributed by atoms with Crippen molar-refractivity contribution in [2.45, 2.75) is 62.2 Å². The fourth-order valence-corrected chi connectivity index (χ4v) is 5.80. The van der Waals surface area contributed by atoms with Crippen molar-refractivity contribution in [3.05, 3.63) is 71.8 Å². The molecular formula is C34H47N7O4. The van der Waals surface area contributed by atoms with Gasteiger partial charge in [0.05, 0.1) is 0 Å². The maximum Gasteiger partial charge on any atom is 0.248 e. The average molecular weight is 618 g/mol. The van der Waals surface area contributed by atoms with Crippen molar-refractivity contribution >= 4 is 29.6 Å². The van der Waals surface area contributed by atoms with Gasteiger partial charge in [-0.1, -0.05) is 60.7 Å². The number of guanidine groups is 1. The zero-order valence-electron chi connectivity index (χ0n) is 27.3. The molecule has 2 N–H and O–H groups in total. The summed E-state index contributed by atoms with van der Waals surface area (Å²) in [5.74, 6) is -0.519. The normalized spacial score (nSPS) is 17.8. The van der Waals surface area contributed by atoms with Gasteiger partial charge >= 0.3 is 0 Å². The first-order valence-corrected chi connectivity index (χ1v) is 15.6. The minimum absolute atomic E-state index is 0.216. The topological polar surface area (TPSA) is 118 Å². The summed E-state index contributed by atoms with van der Waals surface area (Å²) in [6.45, 7) is 0.437. The number of amides is 4. The monoisotopic (exact) mass is 617 g/mol. The summed E-state index contributed by atoms with van der Waals surface area (Å²) >= 11 is 0. The molecule has 4 rings (SSSR count). The number of benzene rings is 2. The molecule has 2 aliphatic rings. The Bertz CT molecular complexity index is 1360. The van der Waals surface area contributed by atoms with Crippen LogP contribution in [0.15, 0.2) is 65.7 Å². The van der Waals surface area contributed by atoms with Gasteiger partial charge in [-0.2, -0.15) is 0 Å². The molecular weight excluding hydrogens is 570 g/mol. The van der Waals surface area contributed by atoms with E-state index in [2.05, 4.69) is 10.6 Å². The Hall–Kier alpha value is -4.41. The lowest BCUT2D eigenvalue weighted by Gasteiger charge is -2.30. The third-order valence-electron chi connectivity index (χ3n) is 8.34. The zero-order valence-corrected chi connectivity index (χ0v) is 27.3. The summed E-state index contributed by atoms with van der Waals surface area (Å²) in [6.07, 6.45) is 2.84. The largest absolute Gasteiger partial charge is 0.349 e. The van der Waals surface area contributed by atoms with Gasteiger partial charge in [0, 0.05) is 61.7 Å². The molecule has 45 heavy (non-hydrogen) atoms. The molecule has 2 aromatic carbocycles. The van der Waals surface area contributed by atoms with Gasteiger partial charge in [-0.15, -0.1) is 0 Å². The van der Waals surface area contributed by atoms with Crippen LogP contribution in [0.4, 0.5) is 0 Å². The highest BCUT2D eigenvalue weighted by molar-refractivity contribution is 5.99. The van der Waals surface area contributed by atoms with Gasteiger partial charge < -0.3 is 30.2 Å². The summed E-state index contributed by atoms with van der Waals surface area (Å²) in [6, 6.07) is 17.0. The van der Waals surface area contributed by atoms with Crippen molar-refractivity contribution in [1.29, 1.82) is 0 Å². The predicted molar refractivity (Wildman–Crippen MR) is 174 cm³/mol. The van der Waals surface area contributed by atoms with Crippen LogP contribution in [0.2, 0.25) is 0 Å². The fourth-order valence-electron chi connectivity index (χ4n) is 5.80. The van der Waals surface area contributed by atoms with E-state index in [1.165, 1.54) is 4.90 Å². The smallest absolute Gasteiger partial charge is 0.248 e. The molecule has 0 spiro atoms. The Morgan fingerprint density at radius 1 is 0.844 bits per heavy atom. The molecule has 0 radical (unpaired) electrons. The Morgan fingerprint density at radius 3 is 1.91 bits per heavy atom. The number of rotatable bonds is 11. The molecule has 11 nitrogen and oxygen atoms in total. The Morgan fingerprint density at radius 2 is 1.40 bits per heavy atom. The van der Waals surface area contributed by atoms with Crippen LogP contribution in [0.25, 0.3) is 0 Å². The van der Waals surface area contributed by atoms with Crippen LogP contribution in [-0.2, 0) is 32.0 Å². The predicted octanol–water partition coefficient (Wildman–Crippen LogP) is 1.53. The van der Waals surface area contributed by atoms with E-state index in [0.29, 0.717) is 51.0 Å². The maximum atomic E-state index is 14.1. The quantitative estimate of drug-likeness (QED) is 0.292. The Balaban J connectivity index is 1.49. The van der Waals surface area contributed by atoms with Crippen LogP contribution < -0.4 is 10.6 Å². The second-order valence-corrected chi connectivity index (χ2v) is 12.6. The molecule has 4 amide bonds. The van der Waals surface area contributed by atoms with Crippen molar-refractivity contribution in [3.63, 3.8) is 0 Å². The summed E-state index contributed by atoms with van der Waals surface area (Å²) < 4.78 is 0. The first-order valence-electron chi connectivity index (χ1n) is 15.6. The van der Waals surface area contributed by atoms with Crippen LogP contribution in [0, 0.1) is 0 Å². The molecule has 3 atom stereocenters. The zero-order chi connectivity index (χ0) is 32.7. The minimum Gasteiger partial charge on any atom is -0.349 e. The van der Waals surface area contributed by atoms with Gasteiger partial charge in [0.25, 0.3) is 0 Å². The van der Waals surface area contributed by atoms with Crippen LogP contribution in [0.5, 0.6) is 0 Å². The number of hydrogen-bond acceptors (Lipinski definition) is 5. The van der Waals surface area contributed by atoms with Crippen molar-refractivity contribution in [2.24, 2.45) is 4.99 Å². The Labute approximate surface area is 266 Å². The lowest BCUT2D eigenvalue weighted by Crippen LogP contribution is -2.58. The van der Waals surface area contributed by atoms with E-state index in [9.17, 15) is 19.2 Å². The van der Waals surface area contributed by atoms with Crippen molar-refractivity contribution in [1.82, 2.24) is 30.2 Å². The number of carbonyl (C=O) groups excluding carboxylic acids is 4. The highest BCUT2D eigenvalue weighted by Crippen LogP contribution is 2.36. The number of nitrogens with one attached hydrogen (secondary N) is 2. The van der Waals surface area contributed by atoms with E-state index in [0.717, 1.165) is 11.1 Å². The Kier molecular flexibility index (Phi) is 10.8. The third-order valence-corrected chi connectivity index (χ3v) is 8.34. The molecule has 1 aliphatic heterocycles. The second-order valence-electron chi connectivity index (χ2n) is 12.6. The molecule has 11 heteroatoms. The van der Waals surface area contributed by atoms with Crippen molar-refractivity contribution < 1.29 is 19.2 Å². The summed E-state index contributed by atoms with van der Waals surface area (Å²) in [5.41, 5.74) is 0.801. The minimum atomic E-state index is -1.10. The van der Waals surface area contributed by atoms with Gasteiger partial charge in [0.15, 0.2) is 5.96 Å². The molecule has 1 aliphatic carbocycles. The number of likely N-dealkylation sites (N-methyl/N-ethyl adjacent to an activating group) is 1. The van der Waals surface area contributed by atoms with E-state index in [1.54, 1.807) is 19.0 Å². The summed E-state index contributed by atoms with van der Waals surface area (Å²) in [4.78, 5) is 66.1. The average Bonchev–Trinajstić information content (AvgIpc) is 3.62. The lowest BCUT2D eigenvalue weighted by atomic mass is 10.0. The molecule has 1 heterocycles. The van der Waals surface area contributed by atoms with Gasteiger partial charge in [-0.3, -0.25) is 19.2 Å². The van der Waals surface area contributed by atoms with E-state index < -0.39 is 23.7 Å². The van der Waals surface area contributed by atoms with Crippen LogP contribution in [0.1, 0.15) is 36.8 Å². The van der Waals surface area contributed by atoms with Gasteiger partial charge in [0.2, 0.25) is 23.6 Å². The summed E-state index contributed by atoms with van der Waals surface area (Å²) in [5, 5.41) is 5.89. The lowest BCUT2D eigenvalue weighted by molar-refractivity contribution is -0.141. The van der Waals surface area contributed by atoms with E-state index in [4.69, 9.17) is 4.99 Å². The van der Waals surface area contributed by atoms with Crippen molar-refractivity contribution in [3.8, 4) is 0 Å². The molecule has 0 aromatic heterocycles. The molecule has 0 unspecified atom stereocenters. The highest BCUT2D eigenvalue weighted by atomic mass is 16.2. The first kappa shape index (κ1) is 33.5. The number of nitrogens with zero attached hydrogens (tertiary/aromatic N) is 5. The van der Waals surface area contributed by atoms with Crippen LogP contribution >= 0.6 is 0 Å². The molecule has 2 aromatic rings. The summed E-state index contributed by atoms with van der Waals surface area (Å²) in [7, 11) is 10.8. The maximum absolute atomic E-state index is 14.1. The van der Waals surface area contributed by atoms with E-state index in [1.807, 2.05) is 98.7 Å². The first-order chi connectivity index (χ1) is 21.4.